The van der Waals surface area contributed by atoms with E-state index in [1.165, 1.54) is 18.2 Å². The summed E-state index contributed by atoms with van der Waals surface area (Å²) in [7, 11) is 0. The van der Waals surface area contributed by atoms with E-state index in [1.54, 1.807) is 12.1 Å². The van der Waals surface area contributed by atoms with Crippen LogP contribution in [0.15, 0.2) is 41.5 Å². The van der Waals surface area contributed by atoms with Crippen molar-refractivity contribution in [3.05, 3.63) is 66.1 Å². The van der Waals surface area contributed by atoms with E-state index in [1.807, 2.05) is 22.6 Å². The van der Waals surface area contributed by atoms with Crippen LogP contribution in [0.4, 0.5) is 17.1 Å². The minimum absolute atomic E-state index is 0.00670. The number of hydrogen-bond donors (Lipinski definition) is 3. The highest BCUT2D eigenvalue weighted by Gasteiger charge is 2.23. The molecular weight excluding hydrogens is 457 g/mol. The van der Waals surface area contributed by atoms with Gasteiger partial charge >= 0.3 is 5.97 Å². The summed E-state index contributed by atoms with van der Waals surface area (Å²) < 4.78 is 0.564. The molecule has 0 fully saturated rings. The van der Waals surface area contributed by atoms with Crippen LogP contribution >= 0.6 is 22.6 Å². The lowest BCUT2D eigenvalue weighted by molar-refractivity contribution is -0.383. The molecular formula is C15H12IN5O5. The Balaban J connectivity index is 2.32. The molecule has 0 saturated carbocycles. The Labute approximate surface area is 160 Å². The summed E-state index contributed by atoms with van der Waals surface area (Å²) in [5.41, 5.74) is 8.70. The number of carboxylic acid groups (broad SMARTS) is 1. The van der Waals surface area contributed by atoms with E-state index in [2.05, 4.69) is 15.3 Å². The van der Waals surface area contributed by atoms with Crippen LogP contribution in [-0.4, -0.2) is 27.1 Å². The lowest BCUT2D eigenvalue weighted by Gasteiger charge is -2.16. The zero-order valence-corrected chi connectivity index (χ0v) is 15.2. The molecule has 2 rings (SSSR count). The maximum atomic E-state index is 11.6. The molecule has 26 heavy (non-hydrogen) atoms. The normalized spacial score (nSPS) is 11.3. The van der Waals surface area contributed by atoms with Gasteiger partial charge in [-0.25, -0.2) is 4.79 Å². The van der Waals surface area contributed by atoms with Crippen LogP contribution in [0.2, 0.25) is 0 Å². The predicted octanol–water partition coefficient (Wildman–Crippen LogP) is 3.95. The number of aliphatic carboxylic acids is 1. The fourth-order valence-electron chi connectivity index (χ4n) is 2.21. The van der Waals surface area contributed by atoms with Gasteiger partial charge in [0.25, 0.3) is 5.69 Å². The van der Waals surface area contributed by atoms with Crippen LogP contribution in [0.1, 0.15) is 5.56 Å². The Kier molecular flexibility index (Phi) is 6.20. The molecule has 0 aromatic heterocycles. The molecule has 2 aromatic carbocycles. The van der Waals surface area contributed by atoms with Crippen molar-refractivity contribution < 1.29 is 19.9 Å². The third-order valence-corrected chi connectivity index (χ3v) is 4.28. The van der Waals surface area contributed by atoms with Crippen molar-refractivity contribution >= 4 is 45.6 Å². The fraction of sp³-hybridized carbons (Fsp3) is 0.133. The highest BCUT2D eigenvalue weighted by Crippen LogP contribution is 2.30. The number of anilines is 1. The van der Waals surface area contributed by atoms with E-state index in [0.29, 0.717) is 9.13 Å². The molecule has 0 saturated heterocycles. The van der Waals surface area contributed by atoms with E-state index >= 15 is 0 Å². The third-order valence-electron chi connectivity index (χ3n) is 3.42. The number of nitrogens with zero attached hydrogens (tertiary/aromatic N) is 4. The number of halogens is 1. The molecule has 2 aromatic rings. The van der Waals surface area contributed by atoms with Crippen LogP contribution in [-0.2, 0) is 11.2 Å². The summed E-state index contributed by atoms with van der Waals surface area (Å²) in [5.74, 6) is -1.11. The minimum atomic E-state index is -1.19. The van der Waals surface area contributed by atoms with Crippen molar-refractivity contribution in [2.75, 3.05) is 5.32 Å². The van der Waals surface area contributed by atoms with Gasteiger partial charge in [-0.05, 0) is 51.9 Å². The van der Waals surface area contributed by atoms with Crippen LogP contribution < -0.4 is 5.32 Å². The summed E-state index contributed by atoms with van der Waals surface area (Å²) in [5, 5.41) is 36.1. The van der Waals surface area contributed by atoms with E-state index in [9.17, 15) is 25.1 Å². The number of carbonyl (C=O) groups is 1. The van der Waals surface area contributed by atoms with Crippen molar-refractivity contribution in [2.24, 2.45) is 5.11 Å². The number of phenols is 1. The van der Waals surface area contributed by atoms with Gasteiger partial charge in [-0.15, -0.1) is 0 Å². The zero-order chi connectivity index (χ0) is 19.3. The van der Waals surface area contributed by atoms with Gasteiger partial charge in [0.1, 0.15) is 17.5 Å². The van der Waals surface area contributed by atoms with Gasteiger partial charge < -0.3 is 15.5 Å². The fourth-order valence-corrected chi connectivity index (χ4v) is 2.79. The quantitative estimate of drug-likeness (QED) is 0.139. The lowest BCUT2D eigenvalue weighted by Crippen LogP contribution is -2.31. The van der Waals surface area contributed by atoms with Crippen molar-refractivity contribution in [3.63, 3.8) is 0 Å². The molecule has 1 atom stereocenters. The molecule has 0 heterocycles. The predicted molar refractivity (Wildman–Crippen MR) is 101 cm³/mol. The van der Waals surface area contributed by atoms with E-state index < -0.39 is 22.6 Å². The van der Waals surface area contributed by atoms with Crippen LogP contribution in [0.3, 0.4) is 0 Å². The molecule has 0 aliphatic heterocycles. The molecule has 1 unspecified atom stereocenters. The van der Waals surface area contributed by atoms with Gasteiger partial charge in [-0.3, -0.25) is 10.1 Å². The molecule has 0 aliphatic carbocycles. The molecule has 0 amide bonds. The smallest absolute Gasteiger partial charge is 0.326 e. The Hall–Kier alpha value is -3.05. The van der Waals surface area contributed by atoms with Crippen LogP contribution in [0, 0.1) is 13.7 Å². The Morgan fingerprint density at radius 2 is 2.12 bits per heavy atom. The second-order valence-corrected chi connectivity index (χ2v) is 6.34. The summed E-state index contributed by atoms with van der Waals surface area (Å²) in [6, 6.07) is 7.22. The van der Waals surface area contributed by atoms with E-state index in [-0.39, 0.29) is 23.5 Å². The van der Waals surface area contributed by atoms with Gasteiger partial charge in [0.15, 0.2) is 0 Å². The number of benzene rings is 2. The van der Waals surface area contributed by atoms with Crippen molar-refractivity contribution in [2.45, 2.75) is 12.5 Å². The topological polar surface area (TPSA) is 161 Å². The first-order chi connectivity index (χ1) is 12.3. The van der Waals surface area contributed by atoms with Crippen LogP contribution in [0.25, 0.3) is 10.4 Å². The second-order valence-electron chi connectivity index (χ2n) is 5.17. The zero-order valence-electron chi connectivity index (χ0n) is 13.0. The average Bonchev–Trinajstić information content (AvgIpc) is 2.58. The summed E-state index contributed by atoms with van der Waals surface area (Å²) in [6.07, 6.45) is 0.0425. The Morgan fingerprint density at radius 3 is 2.69 bits per heavy atom. The standard InChI is InChI=1S/C15H12IN5O5/c16-10-5-8(1-4-14(10)22)6-12(15(23)24)18-11-3-2-9(19-20-17)7-13(11)21(25)26/h1-5,7,12,18,22H,6H2,(H,23,24). The van der Waals surface area contributed by atoms with Gasteiger partial charge in [-0.2, -0.15) is 0 Å². The van der Waals surface area contributed by atoms with Gasteiger partial charge in [0.2, 0.25) is 0 Å². The molecule has 3 N–H and O–H groups in total. The monoisotopic (exact) mass is 469 g/mol. The van der Waals surface area contributed by atoms with Crippen molar-refractivity contribution in [3.8, 4) is 5.75 Å². The second kappa shape index (κ2) is 8.36. The van der Waals surface area contributed by atoms with Crippen LogP contribution in [0.5, 0.6) is 5.75 Å². The SMILES string of the molecule is [N-]=[N+]=Nc1ccc(NC(Cc2ccc(O)c(I)c2)C(=O)O)c([N+](=O)[O-])c1. The van der Waals surface area contributed by atoms with Crippen molar-refractivity contribution in [1.29, 1.82) is 0 Å². The number of phenolic OH excluding ortho intramolecular Hbond substituents is 1. The first-order valence-corrected chi connectivity index (χ1v) is 8.20. The summed E-state index contributed by atoms with van der Waals surface area (Å²) in [4.78, 5) is 24.7. The number of hydrogen-bond acceptors (Lipinski definition) is 6. The molecule has 134 valence electrons. The van der Waals surface area contributed by atoms with Gasteiger partial charge in [0.05, 0.1) is 8.49 Å². The number of rotatable bonds is 7. The molecule has 11 heteroatoms. The minimum Gasteiger partial charge on any atom is -0.507 e. The molecule has 0 spiro atoms. The van der Waals surface area contributed by atoms with Crippen molar-refractivity contribution in [1.82, 2.24) is 0 Å². The Morgan fingerprint density at radius 1 is 1.38 bits per heavy atom. The maximum Gasteiger partial charge on any atom is 0.326 e. The number of nitrogens with one attached hydrogen (secondary N) is 1. The summed E-state index contributed by atoms with van der Waals surface area (Å²) >= 11 is 1.92. The van der Waals surface area contributed by atoms with Gasteiger partial charge in [0, 0.05) is 23.1 Å². The molecule has 0 aliphatic rings. The Bertz CT molecular complexity index is 913. The third kappa shape index (κ3) is 4.74. The largest absolute Gasteiger partial charge is 0.507 e. The number of nitro benzene ring substituents is 1. The highest BCUT2D eigenvalue weighted by atomic mass is 127. The number of azide groups is 1. The number of nitro groups is 1. The highest BCUT2D eigenvalue weighted by molar-refractivity contribution is 14.1. The average molecular weight is 469 g/mol. The first kappa shape index (κ1) is 19.3. The lowest BCUT2D eigenvalue weighted by atomic mass is 10.1. The van der Waals surface area contributed by atoms with E-state index in [0.717, 1.165) is 6.07 Å². The van der Waals surface area contributed by atoms with E-state index in [4.69, 9.17) is 5.53 Å². The number of aromatic hydroxyl groups is 1. The number of carboxylic acids is 1. The molecule has 0 bridgehead atoms. The maximum absolute atomic E-state index is 11.6. The summed E-state index contributed by atoms with van der Waals surface area (Å²) in [6.45, 7) is 0. The first-order valence-electron chi connectivity index (χ1n) is 7.12. The van der Waals surface area contributed by atoms with Gasteiger partial charge in [-0.1, -0.05) is 17.2 Å². The molecule has 0 radical (unpaired) electrons. The molecule has 10 nitrogen and oxygen atoms in total.